The first-order valence-corrected chi connectivity index (χ1v) is 19.5. The van der Waals surface area contributed by atoms with Crippen LogP contribution in [0.25, 0.3) is 0 Å². The Bertz CT molecular complexity index is 780. The topological polar surface area (TPSA) is 18.5 Å². The van der Waals surface area contributed by atoms with E-state index in [0.717, 1.165) is 11.5 Å². The van der Waals surface area contributed by atoms with Crippen molar-refractivity contribution in [3.8, 4) is 11.5 Å². The van der Waals surface area contributed by atoms with Gasteiger partial charge in [0.2, 0.25) is 0 Å². The minimum atomic E-state index is -1.64. The van der Waals surface area contributed by atoms with Crippen LogP contribution in [0, 0.1) is 7.14 Å². The summed E-state index contributed by atoms with van der Waals surface area (Å²) in [7, 11) is -3.28. The van der Waals surface area contributed by atoms with Crippen molar-refractivity contribution in [1.29, 1.82) is 0 Å². The number of benzene rings is 2. The van der Waals surface area contributed by atoms with Crippen molar-refractivity contribution >= 4 is 28.4 Å². The summed E-state index contributed by atoms with van der Waals surface area (Å²) < 4.78 is 16.3. The molecule has 0 amide bonds. The van der Waals surface area contributed by atoms with E-state index in [1.807, 2.05) is 11.8 Å². The van der Waals surface area contributed by atoms with E-state index in [1.165, 1.54) is 53.2 Å². The molecular formula is C24H36IO2SSi2-. The van der Waals surface area contributed by atoms with Gasteiger partial charge >= 0.3 is 201 Å². The predicted octanol–water partition coefficient (Wildman–Crippen LogP) is 5.05. The van der Waals surface area contributed by atoms with Gasteiger partial charge in [0.15, 0.2) is 0 Å². The molecule has 0 unspecified atom stereocenters. The van der Waals surface area contributed by atoms with Gasteiger partial charge in [-0.25, -0.2) is 0 Å². The van der Waals surface area contributed by atoms with Gasteiger partial charge in [-0.2, -0.15) is 0 Å². The van der Waals surface area contributed by atoms with Gasteiger partial charge in [0.05, 0.1) is 0 Å². The molecule has 0 saturated carbocycles. The number of fused-ring (bicyclic) bond motifs is 2. The summed E-state index contributed by atoms with van der Waals surface area (Å²) in [5, 5.41) is 0. The maximum atomic E-state index is 6.66. The number of rotatable bonds is 10. The van der Waals surface area contributed by atoms with Crippen LogP contribution in [0.3, 0.4) is 0 Å². The maximum absolute atomic E-state index is 6.66. The fourth-order valence-electron chi connectivity index (χ4n) is 4.07. The molecule has 0 saturated heterocycles. The zero-order chi connectivity index (χ0) is 21.8. The second-order valence-corrected chi connectivity index (χ2v) is 21.4. The van der Waals surface area contributed by atoms with Crippen LogP contribution < -0.4 is 30.1 Å². The van der Waals surface area contributed by atoms with Crippen molar-refractivity contribution in [2.24, 2.45) is 0 Å². The van der Waals surface area contributed by atoms with Crippen molar-refractivity contribution < 1.29 is 30.1 Å². The first-order valence-electron chi connectivity index (χ1n) is 11.4. The SMILES string of the molecule is CC[Si](CC)(CC)Oc1ccc2c(c1)Sc1cc(O[Si](CC)(CC)CC)ccc1[I-]2. The zero-order valence-corrected chi connectivity index (χ0v) is 24.3. The van der Waals surface area contributed by atoms with Gasteiger partial charge in [0.1, 0.15) is 0 Å². The van der Waals surface area contributed by atoms with Crippen LogP contribution in [0.5, 0.6) is 11.5 Å². The molecule has 0 radical (unpaired) electrons. The fraction of sp³-hybridized carbons (Fsp3) is 0.500. The molecule has 2 nitrogen and oxygen atoms in total. The third-order valence-corrected chi connectivity index (χ3v) is 20.7. The Kier molecular flexibility index (Phi) is 8.43. The molecule has 0 atom stereocenters. The van der Waals surface area contributed by atoms with E-state index in [4.69, 9.17) is 8.85 Å². The molecule has 6 heteroatoms. The van der Waals surface area contributed by atoms with E-state index in [1.54, 1.807) is 0 Å². The van der Waals surface area contributed by atoms with Crippen molar-refractivity contribution in [3.63, 3.8) is 0 Å². The van der Waals surface area contributed by atoms with Crippen LogP contribution in [0.2, 0.25) is 36.3 Å². The molecule has 0 spiro atoms. The third-order valence-electron chi connectivity index (χ3n) is 6.76. The summed E-state index contributed by atoms with van der Waals surface area (Å²) in [6.07, 6.45) is 0. The van der Waals surface area contributed by atoms with Gasteiger partial charge in [-0.1, -0.05) is 0 Å². The van der Waals surface area contributed by atoms with Crippen LogP contribution in [-0.4, -0.2) is 16.6 Å². The molecule has 0 bridgehead atoms. The molecule has 2 aromatic rings. The molecule has 1 aliphatic rings. The Hall–Kier alpha value is -0.446. The van der Waals surface area contributed by atoms with Crippen molar-refractivity contribution in [3.05, 3.63) is 43.5 Å². The van der Waals surface area contributed by atoms with Crippen LogP contribution in [0.4, 0.5) is 0 Å². The third kappa shape index (κ3) is 5.13. The first-order chi connectivity index (χ1) is 14.5. The number of hydrogen-bond donors (Lipinski definition) is 0. The fourth-order valence-corrected chi connectivity index (χ4v) is 13.5. The molecule has 1 heterocycles. The average Bonchev–Trinajstić information content (AvgIpc) is 2.79. The zero-order valence-electron chi connectivity index (χ0n) is 19.3. The Balaban J connectivity index is 1.83. The summed E-state index contributed by atoms with van der Waals surface area (Å²) in [5.41, 5.74) is 0. The minimum absolute atomic E-state index is 0.150. The Morgan fingerprint density at radius 3 is 1.33 bits per heavy atom. The summed E-state index contributed by atoms with van der Waals surface area (Å²) in [5.74, 6) is 2.15. The summed E-state index contributed by atoms with van der Waals surface area (Å²) in [4.78, 5) is 2.78. The molecule has 30 heavy (non-hydrogen) atoms. The normalized spacial score (nSPS) is 13.8. The van der Waals surface area contributed by atoms with Crippen LogP contribution >= 0.6 is 11.8 Å². The van der Waals surface area contributed by atoms with E-state index < -0.39 is 16.6 Å². The van der Waals surface area contributed by atoms with Gasteiger partial charge in [-0.05, 0) is 0 Å². The summed E-state index contributed by atoms with van der Waals surface area (Å²) in [6, 6.07) is 20.8. The molecule has 0 N–H and O–H groups in total. The summed E-state index contributed by atoms with van der Waals surface area (Å²) >= 11 is 1.76. The molecular weight excluding hydrogens is 535 g/mol. The van der Waals surface area contributed by atoms with Crippen LogP contribution in [-0.2, 0) is 0 Å². The Morgan fingerprint density at radius 2 is 1.00 bits per heavy atom. The van der Waals surface area contributed by atoms with Crippen molar-refractivity contribution in [2.45, 2.75) is 87.6 Å². The quantitative estimate of drug-likeness (QED) is 0.251. The molecule has 2 aromatic carbocycles. The summed E-state index contributed by atoms with van der Waals surface area (Å²) in [6.45, 7) is 13.8. The molecule has 0 aliphatic carbocycles. The van der Waals surface area contributed by atoms with E-state index in [9.17, 15) is 0 Å². The first kappa shape index (κ1) is 24.2. The molecule has 0 fully saturated rings. The van der Waals surface area contributed by atoms with E-state index in [0.29, 0.717) is 0 Å². The Morgan fingerprint density at radius 1 is 0.633 bits per heavy atom. The molecule has 0 aromatic heterocycles. The van der Waals surface area contributed by atoms with Crippen molar-refractivity contribution in [2.75, 3.05) is 0 Å². The number of halogens is 1. The van der Waals surface area contributed by atoms with Gasteiger partial charge in [0.25, 0.3) is 0 Å². The van der Waals surface area contributed by atoms with E-state index in [-0.39, 0.29) is 21.2 Å². The van der Waals surface area contributed by atoms with E-state index >= 15 is 0 Å². The molecule has 3 rings (SSSR count). The van der Waals surface area contributed by atoms with E-state index in [2.05, 4.69) is 77.9 Å². The van der Waals surface area contributed by atoms with Gasteiger partial charge in [0, 0.05) is 0 Å². The Labute approximate surface area is 200 Å². The van der Waals surface area contributed by atoms with Crippen LogP contribution in [0.15, 0.2) is 46.2 Å². The van der Waals surface area contributed by atoms with Gasteiger partial charge in [-0.3, -0.25) is 0 Å². The van der Waals surface area contributed by atoms with Crippen molar-refractivity contribution in [1.82, 2.24) is 0 Å². The van der Waals surface area contributed by atoms with Crippen LogP contribution in [0.1, 0.15) is 41.5 Å². The van der Waals surface area contributed by atoms with Gasteiger partial charge < -0.3 is 0 Å². The predicted molar refractivity (Wildman–Crippen MR) is 130 cm³/mol. The standard InChI is InChI=1S/C24H36IO2SSi2/c1-7-29(8-2,9-3)26-19-13-15-21-23(17-19)28-24-18-20(14-16-22(24)25-21)27-30(10-4,11-5)12-6/h13-18H,7-12H2,1-6H3/q-1. The second kappa shape index (κ2) is 10.4. The second-order valence-electron chi connectivity index (χ2n) is 8.07. The molecule has 166 valence electrons. The number of hydrogen-bond acceptors (Lipinski definition) is 3. The average molecular weight is 572 g/mol. The molecule has 1 aliphatic heterocycles. The monoisotopic (exact) mass is 571 g/mol. The van der Waals surface area contributed by atoms with Gasteiger partial charge in [-0.15, -0.1) is 0 Å².